The Kier molecular flexibility index (Phi) is 4.43. The Morgan fingerprint density at radius 2 is 2.07 bits per heavy atom. The lowest BCUT2D eigenvalue weighted by Crippen LogP contribution is -2.09. The first-order valence-corrected chi connectivity index (χ1v) is 4.83. The smallest absolute Gasteiger partial charge is 0.122 e. The summed E-state index contributed by atoms with van der Waals surface area (Å²) in [6.45, 7) is 5.21. The van der Waals surface area contributed by atoms with E-state index >= 15 is 0 Å². The maximum absolute atomic E-state index is 5.51. The molecule has 0 fully saturated rings. The highest BCUT2D eigenvalue weighted by molar-refractivity contribution is 5.35. The van der Waals surface area contributed by atoms with Crippen LogP contribution in [-0.4, -0.2) is 13.2 Å². The van der Waals surface area contributed by atoms with Gasteiger partial charge in [-0.05, 0) is 18.6 Å². The van der Waals surface area contributed by atoms with Crippen LogP contribution in [0.4, 0.5) is 0 Å². The molecule has 3 heteroatoms. The third kappa shape index (κ3) is 2.72. The Labute approximate surface area is 84.8 Å². The van der Waals surface area contributed by atoms with Crippen molar-refractivity contribution < 1.29 is 9.57 Å². The van der Waals surface area contributed by atoms with Crippen molar-refractivity contribution in [2.75, 3.05) is 13.2 Å². The minimum atomic E-state index is 0.253. The van der Waals surface area contributed by atoms with E-state index in [1.54, 1.807) is 0 Å². The third-order valence-electron chi connectivity index (χ3n) is 2.10. The van der Waals surface area contributed by atoms with Crippen molar-refractivity contribution in [3.05, 3.63) is 29.8 Å². The minimum absolute atomic E-state index is 0.253. The Balaban J connectivity index is 2.82. The molecule has 0 spiro atoms. The summed E-state index contributed by atoms with van der Waals surface area (Å²) < 4.78 is 5.51. The van der Waals surface area contributed by atoms with Crippen molar-refractivity contribution in [3.8, 4) is 5.75 Å². The summed E-state index contributed by atoms with van der Waals surface area (Å²) in [6, 6.07) is 7.95. The molecule has 14 heavy (non-hydrogen) atoms. The average molecular weight is 195 g/mol. The molecule has 2 N–H and O–H groups in total. The van der Waals surface area contributed by atoms with Crippen LogP contribution < -0.4 is 10.6 Å². The second-order valence-electron chi connectivity index (χ2n) is 3.21. The van der Waals surface area contributed by atoms with E-state index in [0.717, 1.165) is 11.3 Å². The van der Waals surface area contributed by atoms with E-state index in [0.29, 0.717) is 13.2 Å². The van der Waals surface area contributed by atoms with Gasteiger partial charge in [0.2, 0.25) is 0 Å². The highest BCUT2D eigenvalue weighted by Crippen LogP contribution is 2.26. The Hall–Kier alpha value is -1.06. The summed E-state index contributed by atoms with van der Waals surface area (Å²) in [6.07, 6.45) is 0. The van der Waals surface area contributed by atoms with Crippen LogP contribution in [0.1, 0.15) is 25.3 Å². The van der Waals surface area contributed by atoms with E-state index in [1.807, 2.05) is 31.2 Å². The molecule has 78 valence electrons. The number of nitrogens with two attached hydrogens (primary N) is 1. The van der Waals surface area contributed by atoms with Crippen LogP contribution >= 0.6 is 0 Å². The molecule has 0 aromatic heterocycles. The fourth-order valence-corrected chi connectivity index (χ4v) is 1.41. The lowest BCUT2D eigenvalue weighted by molar-refractivity contribution is 0.126. The van der Waals surface area contributed by atoms with Gasteiger partial charge >= 0.3 is 0 Å². The van der Waals surface area contributed by atoms with E-state index in [9.17, 15) is 0 Å². The first-order valence-electron chi connectivity index (χ1n) is 4.83. The molecule has 1 aromatic carbocycles. The molecule has 1 atom stereocenters. The zero-order valence-electron chi connectivity index (χ0n) is 8.69. The average Bonchev–Trinajstić information content (AvgIpc) is 2.19. The highest BCUT2D eigenvalue weighted by Gasteiger charge is 2.10. The molecule has 1 rings (SSSR count). The van der Waals surface area contributed by atoms with E-state index in [-0.39, 0.29) is 5.92 Å². The molecule has 0 aliphatic rings. The van der Waals surface area contributed by atoms with Crippen LogP contribution in [0.2, 0.25) is 0 Å². The minimum Gasteiger partial charge on any atom is -0.494 e. The van der Waals surface area contributed by atoms with E-state index in [2.05, 4.69) is 11.8 Å². The number of hydrogen-bond donors (Lipinski definition) is 1. The van der Waals surface area contributed by atoms with Gasteiger partial charge in [0.1, 0.15) is 5.75 Å². The van der Waals surface area contributed by atoms with Gasteiger partial charge in [0.15, 0.2) is 0 Å². The molecular formula is C11H17NO2. The van der Waals surface area contributed by atoms with Crippen LogP contribution in [0.25, 0.3) is 0 Å². The number of benzene rings is 1. The van der Waals surface area contributed by atoms with E-state index in [1.165, 1.54) is 0 Å². The van der Waals surface area contributed by atoms with Gasteiger partial charge in [-0.15, -0.1) is 0 Å². The molecule has 0 aliphatic carbocycles. The molecule has 1 unspecified atom stereocenters. The van der Waals surface area contributed by atoms with Crippen molar-refractivity contribution in [3.63, 3.8) is 0 Å². The molecule has 0 aliphatic heterocycles. The summed E-state index contributed by atoms with van der Waals surface area (Å²) in [4.78, 5) is 4.64. The zero-order chi connectivity index (χ0) is 10.4. The van der Waals surface area contributed by atoms with Crippen LogP contribution in [0.15, 0.2) is 24.3 Å². The number of rotatable bonds is 5. The number of hydrogen-bond acceptors (Lipinski definition) is 3. The summed E-state index contributed by atoms with van der Waals surface area (Å²) in [7, 11) is 0. The zero-order valence-corrected chi connectivity index (χ0v) is 8.69. The predicted octanol–water partition coefficient (Wildman–Crippen LogP) is 2.08. The van der Waals surface area contributed by atoms with Crippen LogP contribution in [0.3, 0.4) is 0 Å². The molecule has 1 aromatic rings. The van der Waals surface area contributed by atoms with Gasteiger partial charge in [-0.2, -0.15) is 0 Å². The largest absolute Gasteiger partial charge is 0.494 e. The second kappa shape index (κ2) is 5.62. The van der Waals surface area contributed by atoms with E-state index < -0.39 is 0 Å². The number of para-hydroxylation sites is 1. The topological polar surface area (TPSA) is 44.5 Å². The summed E-state index contributed by atoms with van der Waals surface area (Å²) in [5, 5.41) is 0. The summed E-state index contributed by atoms with van der Waals surface area (Å²) in [5.74, 6) is 6.22. The van der Waals surface area contributed by atoms with Crippen LogP contribution in [0, 0.1) is 0 Å². The standard InChI is InChI=1S/C11H17NO2/c1-3-13-11-7-5-4-6-10(11)9(2)8-14-12/h4-7,9H,3,8,12H2,1-2H3. The molecular weight excluding hydrogens is 178 g/mol. The predicted molar refractivity (Wildman–Crippen MR) is 56.2 cm³/mol. The quantitative estimate of drug-likeness (QED) is 0.731. The van der Waals surface area contributed by atoms with Gasteiger partial charge in [0.25, 0.3) is 0 Å². The van der Waals surface area contributed by atoms with Crippen LogP contribution in [-0.2, 0) is 4.84 Å². The molecule has 3 nitrogen and oxygen atoms in total. The lowest BCUT2D eigenvalue weighted by atomic mass is 10.0. The monoisotopic (exact) mass is 195 g/mol. The summed E-state index contributed by atoms with van der Waals surface area (Å²) >= 11 is 0. The lowest BCUT2D eigenvalue weighted by Gasteiger charge is -2.15. The van der Waals surface area contributed by atoms with Gasteiger partial charge in [0.05, 0.1) is 13.2 Å². The van der Waals surface area contributed by atoms with Gasteiger partial charge in [-0.25, -0.2) is 5.90 Å². The Morgan fingerprint density at radius 1 is 1.36 bits per heavy atom. The van der Waals surface area contributed by atoms with Gasteiger partial charge in [-0.3, -0.25) is 0 Å². The second-order valence-corrected chi connectivity index (χ2v) is 3.21. The highest BCUT2D eigenvalue weighted by atomic mass is 16.6. The van der Waals surface area contributed by atoms with Crippen molar-refractivity contribution in [1.82, 2.24) is 0 Å². The fraction of sp³-hybridized carbons (Fsp3) is 0.455. The first-order chi connectivity index (χ1) is 6.79. The van der Waals surface area contributed by atoms with Crippen molar-refractivity contribution >= 4 is 0 Å². The maximum atomic E-state index is 5.51. The molecule has 0 bridgehead atoms. The van der Waals surface area contributed by atoms with Crippen molar-refractivity contribution in [2.45, 2.75) is 19.8 Å². The molecule has 0 saturated carbocycles. The first kappa shape index (κ1) is 11.0. The molecule has 0 radical (unpaired) electrons. The summed E-state index contributed by atoms with van der Waals surface area (Å²) in [5.41, 5.74) is 1.14. The number of ether oxygens (including phenoxy) is 1. The molecule has 0 heterocycles. The fourth-order valence-electron chi connectivity index (χ4n) is 1.41. The molecule has 0 saturated heterocycles. The van der Waals surface area contributed by atoms with Crippen LogP contribution in [0.5, 0.6) is 5.75 Å². The van der Waals surface area contributed by atoms with Crippen molar-refractivity contribution in [1.29, 1.82) is 0 Å². The SMILES string of the molecule is CCOc1ccccc1C(C)CON. The third-order valence-corrected chi connectivity index (χ3v) is 2.10. The Morgan fingerprint density at radius 3 is 2.71 bits per heavy atom. The van der Waals surface area contributed by atoms with Crippen molar-refractivity contribution in [2.24, 2.45) is 5.90 Å². The van der Waals surface area contributed by atoms with Gasteiger partial charge in [0, 0.05) is 5.92 Å². The van der Waals surface area contributed by atoms with Gasteiger partial charge < -0.3 is 9.57 Å². The Bertz CT molecular complexity index is 276. The normalized spacial score (nSPS) is 12.5. The van der Waals surface area contributed by atoms with E-state index in [4.69, 9.17) is 10.6 Å². The van der Waals surface area contributed by atoms with Gasteiger partial charge in [-0.1, -0.05) is 25.1 Å². The maximum Gasteiger partial charge on any atom is 0.122 e. The molecule has 0 amide bonds.